The van der Waals surface area contributed by atoms with Crippen LogP contribution in [0.3, 0.4) is 0 Å². The first-order valence-corrected chi connectivity index (χ1v) is 7.43. The van der Waals surface area contributed by atoms with Crippen molar-refractivity contribution in [1.29, 1.82) is 0 Å². The number of nitrogens with zero attached hydrogens (tertiary/aromatic N) is 4. The summed E-state index contributed by atoms with van der Waals surface area (Å²) in [7, 11) is 0. The average molecular weight is 350 g/mol. The molecule has 4 aromatic rings. The molecule has 10 heteroatoms. The maximum absolute atomic E-state index is 12.6. The molecule has 0 bridgehead atoms. The van der Waals surface area contributed by atoms with E-state index in [4.69, 9.17) is 4.42 Å². The van der Waals surface area contributed by atoms with E-state index in [0.29, 0.717) is 22.3 Å². The summed E-state index contributed by atoms with van der Waals surface area (Å²) in [4.78, 5) is 29.7. The van der Waals surface area contributed by atoms with Crippen molar-refractivity contribution < 1.29 is 14.1 Å². The molecule has 2 N–H and O–H groups in total. The van der Waals surface area contributed by atoms with Crippen molar-refractivity contribution in [2.75, 3.05) is 5.32 Å². The molecule has 0 aliphatic carbocycles. The van der Waals surface area contributed by atoms with Gasteiger partial charge in [-0.15, -0.1) is 5.10 Å². The fraction of sp³-hybridized carbons (Fsp3) is 0. The maximum atomic E-state index is 12.6. The summed E-state index contributed by atoms with van der Waals surface area (Å²) in [6, 6.07) is 9.15. The van der Waals surface area contributed by atoms with Gasteiger partial charge in [0.05, 0.1) is 10.5 Å². The molecule has 0 unspecified atom stereocenters. The minimum atomic E-state index is -0.497. The minimum absolute atomic E-state index is 0.000157. The first kappa shape index (κ1) is 15.4. The summed E-state index contributed by atoms with van der Waals surface area (Å²) in [6.45, 7) is 0. The molecule has 128 valence electrons. The summed E-state index contributed by atoms with van der Waals surface area (Å²) in [5.41, 5.74) is 1.43. The highest BCUT2D eigenvalue weighted by Gasteiger charge is 2.20. The number of pyridine rings is 1. The van der Waals surface area contributed by atoms with E-state index in [9.17, 15) is 14.9 Å². The van der Waals surface area contributed by atoms with Crippen LogP contribution in [-0.2, 0) is 0 Å². The maximum Gasteiger partial charge on any atom is 0.320 e. The van der Waals surface area contributed by atoms with E-state index in [1.807, 2.05) is 0 Å². The molecule has 0 saturated carbocycles. The monoisotopic (exact) mass is 350 g/mol. The van der Waals surface area contributed by atoms with Crippen molar-refractivity contribution in [3.8, 4) is 0 Å². The summed E-state index contributed by atoms with van der Waals surface area (Å²) in [5.74, 6) is -0.618. The van der Waals surface area contributed by atoms with Crippen LogP contribution in [0, 0.1) is 10.1 Å². The van der Waals surface area contributed by atoms with E-state index in [-0.39, 0.29) is 17.6 Å². The predicted octanol–water partition coefficient (Wildman–Crippen LogP) is 2.83. The van der Waals surface area contributed by atoms with Crippen molar-refractivity contribution in [3.05, 3.63) is 70.4 Å². The Labute approximate surface area is 145 Å². The smallest absolute Gasteiger partial charge is 0.320 e. The number of carbonyl (C=O) groups is 1. The number of benzene rings is 1. The van der Waals surface area contributed by atoms with Crippen molar-refractivity contribution in [1.82, 2.24) is 20.2 Å². The largest absolute Gasteiger partial charge is 0.400 e. The Balaban J connectivity index is 1.56. The summed E-state index contributed by atoms with van der Waals surface area (Å²) in [5, 5.41) is 21.6. The fourth-order valence-electron chi connectivity index (χ4n) is 2.41. The number of nitrogens with one attached hydrogen (secondary N) is 2. The zero-order valence-corrected chi connectivity index (χ0v) is 13.0. The van der Waals surface area contributed by atoms with Gasteiger partial charge in [-0.2, -0.15) is 0 Å². The van der Waals surface area contributed by atoms with Crippen LogP contribution in [0.5, 0.6) is 0 Å². The first-order valence-electron chi connectivity index (χ1n) is 7.43. The van der Waals surface area contributed by atoms with Gasteiger partial charge in [-0.05, 0) is 24.3 Å². The van der Waals surface area contributed by atoms with E-state index in [1.54, 1.807) is 18.3 Å². The van der Waals surface area contributed by atoms with Crippen LogP contribution in [0.2, 0.25) is 0 Å². The second-order valence-electron chi connectivity index (χ2n) is 5.27. The van der Waals surface area contributed by atoms with Crippen molar-refractivity contribution in [2.24, 2.45) is 0 Å². The van der Waals surface area contributed by atoms with Gasteiger partial charge >= 0.3 is 6.01 Å². The summed E-state index contributed by atoms with van der Waals surface area (Å²) >= 11 is 0. The minimum Gasteiger partial charge on any atom is -0.400 e. The quantitative estimate of drug-likeness (QED) is 0.318. The Hall–Kier alpha value is -4.08. The normalized spacial score (nSPS) is 10.8. The number of carbonyl (C=O) groups excluding carboxylic acids is 1. The Morgan fingerprint density at radius 3 is 2.77 bits per heavy atom. The highest BCUT2D eigenvalue weighted by molar-refractivity contribution is 6.13. The molecule has 26 heavy (non-hydrogen) atoms. The third-order valence-electron chi connectivity index (χ3n) is 3.64. The first-order chi connectivity index (χ1) is 12.6. The number of fused-ring (bicyclic) bond motifs is 1. The second-order valence-corrected chi connectivity index (χ2v) is 5.27. The van der Waals surface area contributed by atoms with Crippen LogP contribution in [0.1, 0.15) is 16.2 Å². The number of nitro groups is 1. The van der Waals surface area contributed by atoms with Gasteiger partial charge in [-0.25, -0.2) is 4.98 Å². The van der Waals surface area contributed by atoms with Crippen LogP contribution >= 0.6 is 0 Å². The summed E-state index contributed by atoms with van der Waals surface area (Å²) < 4.78 is 5.35. The third kappa shape index (κ3) is 2.75. The number of H-pyrrole nitrogens is 1. The lowest BCUT2D eigenvalue weighted by Crippen LogP contribution is -2.00. The highest BCUT2D eigenvalue weighted by atomic mass is 16.6. The lowest BCUT2D eigenvalue weighted by atomic mass is 10.1. The number of ketones is 1. The Bertz CT molecular complexity index is 1120. The van der Waals surface area contributed by atoms with E-state index in [2.05, 4.69) is 25.5 Å². The van der Waals surface area contributed by atoms with Crippen LogP contribution in [0.15, 0.2) is 53.2 Å². The van der Waals surface area contributed by atoms with Gasteiger partial charge in [0.1, 0.15) is 5.65 Å². The van der Waals surface area contributed by atoms with E-state index in [0.717, 1.165) is 0 Å². The molecule has 1 aromatic carbocycles. The molecular formula is C16H10N6O4. The molecule has 0 saturated heterocycles. The molecule has 0 aliphatic heterocycles. The van der Waals surface area contributed by atoms with E-state index in [1.165, 1.54) is 30.5 Å². The van der Waals surface area contributed by atoms with Gasteiger partial charge in [0.25, 0.3) is 17.4 Å². The SMILES string of the molecule is O=C(c1nnc(Nc2ccc([N+](=O)[O-])cc2)o1)c1c[nH]c2ncccc12. The van der Waals surface area contributed by atoms with Crippen molar-refractivity contribution in [3.63, 3.8) is 0 Å². The number of hydrogen-bond acceptors (Lipinski definition) is 8. The molecular weight excluding hydrogens is 340 g/mol. The van der Waals surface area contributed by atoms with Gasteiger partial charge in [-0.3, -0.25) is 14.9 Å². The second kappa shape index (κ2) is 6.09. The molecule has 3 heterocycles. The number of aromatic nitrogens is 4. The molecule has 0 amide bonds. The molecule has 0 radical (unpaired) electrons. The molecule has 0 aliphatic rings. The zero-order valence-electron chi connectivity index (χ0n) is 13.0. The van der Waals surface area contributed by atoms with Gasteiger partial charge in [-0.1, -0.05) is 5.10 Å². The van der Waals surface area contributed by atoms with Crippen molar-refractivity contribution in [2.45, 2.75) is 0 Å². The van der Waals surface area contributed by atoms with Gasteiger partial charge in [0.15, 0.2) is 0 Å². The number of anilines is 2. The Morgan fingerprint density at radius 2 is 2.00 bits per heavy atom. The van der Waals surface area contributed by atoms with Crippen LogP contribution in [0.4, 0.5) is 17.4 Å². The Morgan fingerprint density at radius 1 is 1.19 bits per heavy atom. The van der Waals surface area contributed by atoms with E-state index >= 15 is 0 Å². The van der Waals surface area contributed by atoms with Crippen LogP contribution in [-0.4, -0.2) is 30.9 Å². The number of non-ortho nitro benzene ring substituents is 1. The topological polar surface area (TPSA) is 140 Å². The molecule has 0 fully saturated rings. The number of nitro benzene ring substituents is 1. The van der Waals surface area contributed by atoms with Crippen LogP contribution in [0.25, 0.3) is 11.0 Å². The molecule has 3 aromatic heterocycles. The number of rotatable bonds is 5. The lowest BCUT2D eigenvalue weighted by molar-refractivity contribution is -0.384. The van der Waals surface area contributed by atoms with Gasteiger partial charge in [0.2, 0.25) is 0 Å². The fourth-order valence-corrected chi connectivity index (χ4v) is 2.41. The molecule has 10 nitrogen and oxygen atoms in total. The number of hydrogen-bond donors (Lipinski definition) is 2. The Kier molecular flexibility index (Phi) is 3.62. The van der Waals surface area contributed by atoms with Crippen LogP contribution < -0.4 is 5.32 Å². The van der Waals surface area contributed by atoms with Crippen molar-refractivity contribution >= 4 is 34.2 Å². The third-order valence-corrected chi connectivity index (χ3v) is 3.64. The standard InChI is InChI=1S/C16H10N6O4/c23-13(12-8-18-14-11(12)2-1-7-17-14)15-20-21-16(26-15)19-9-3-5-10(6-4-9)22(24)25/h1-8H,(H,17,18)(H,19,21). The predicted molar refractivity (Wildman–Crippen MR) is 90.2 cm³/mol. The zero-order chi connectivity index (χ0) is 18.1. The highest BCUT2D eigenvalue weighted by Crippen LogP contribution is 2.22. The molecule has 0 atom stereocenters. The average Bonchev–Trinajstić information content (AvgIpc) is 3.28. The van der Waals surface area contributed by atoms with Gasteiger partial charge < -0.3 is 14.7 Å². The molecule has 0 spiro atoms. The molecule has 4 rings (SSSR count). The lowest BCUT2D eigenvalue weighted by Gasteiger charge is -1.99. The summed E-state index contributed by atoms with van der Waals surface area (Å²) in [6.07, 6.45) is 3.15. The van der Waals surface area contributed by atoms with E-state index < -0.39 is 10.7 Å². The van der Waals surface area contributed by atoms with Gasteiger partial charge in [0, 0.05) is 35.6 Å². The number of aromatic amines is 1.